The number of esters is 1. The summed E-state index contributed by atoms with van der Waals surface area (Å²) < 4.78 is 10.2. The van der Waals surface area contributed by atoms with Gasteiger partial charge in [0.05, 0.1) is 22.7 Å². The lowest BCUT2D eigenvalue weighted by molar-refractivity contribution is -0.123. The molecule has 0 aliphatic carbocycles. The number of rotatable bonds is 6. The first-order valence-corrected chi connectivity index (χ1v) is 8.64. The van der Waals surface area contributed by atoms with Gasteiger partial charge in [-0.3, -0.25) is 9.59 Å². The van der Waals surface area contributed by atoms with E-state index in [0.717, 1.165) is 0 Å². The fourth-order valence-corrected chi connectivity index (χ4v) is 2.83. The number of ether oxygens (including phenoxy) is 2. The Morgan fingerprint density at radius 2 is 1.56 bits per heavy atom. The van der Waals surface area contributed by atoms with Gasteiger partial charge in [-0.15, -0.1) is 0 Å². The number of hydrogen-bond donors (Lipinski definition) is 1. The van der Waals surface area contributed by atoms with Crippen LogP contribution < -0.4 is 10.1 Å². The topological polar surface area (TPSA) is 81.7 Å². The van der Waals surface area contributed by atoms with Gasteiger partial charge in [0.25, 0.3) is 5.91 Å². The number of ketones is 1. The van der Waals surface area contributed by atoms with Crippen molar-refractivity contribution >= 4 is 46.5 Å². The van der Waals surface area contributed by atoms with Gasteiger partial charge in [-0.25, -0.2) is 4.79 Å². The van der Waals surface area contributed by atoms with E-state index in [9.17, 15) is 14.4 Å². The monoisotopic (exact) mass is 409 g/mol. The SMILES string of the molecule is COc1c(Cl)cc(C(=O)O[C@H](C)C(=O)Nc2ccc(C(C)=O)cc2)cc1Cl. The van der Waals surface area contributed by atoms with Gasteiger partial charge in [0.2, 0.25) is 0 Å². The molecule has 0 fully saturated rings. The van der Waals surface area contributed by atoms with Crippen LogP contribution in [-0.2, 0) is 9.53 Å². The molecule has 2 aromatic carbocycles. The number of anilines is 1. The Balaban J connectivity index is 2.03. The van der Waals surface area contributed by atoms with Crippen molar-refractivity contribution in [2.24, 2.45) is 0 Å². The number of carbonyl (C=O) groups is 3. The molecule has 0 radical (unpaired) electrons. The highest BCUT2D eigenvalue weighted by Crippen LogP contribution is 2.34. The van der Waals surface area contributed by atoms with Crippen molar-refractivity contribution < 1.29 is 23.9 Å². The van der Waals surface area contributed by atoms with E-state index >= 15 is 0 Å². The van der Waals surface area contributed by atoms with Crippen molar-refractivity contribution in [1.82, 2.24) is 0 Å². The molecule has 0 spiro atoms. The summed E-state index contributed by atoms with van der Waals surface area (Å²) in [7, 11) is 1.40. The van der Waals surface area contributed by atoms with E-state index in [2.05, 4.69) is 5.32 Å². The summed E-state index contributed by atoms with van der Waals surface area (Å²) in [6.45, 7) is 2.89. The number of methoxy groups -OCH3 is 1. The third-order valence-corrected chi connectivity index (χ3v) is 4.21. The van der Waals surface area contributed by atoms with Crippen molar-refractivity contribution in [3.63, 3.8) is 0 Å². The normalized spacial score (nSPS) is 11.4. The highest BCUT2D eigenvalue weighted by atomic mass is 35.5. The van der Waals surface area contributed by atoms with Gasteiger partial charge in [-0.05, 0) is 50.2 Å². The number of halogens is 2. The molecule has 1 N–H and O–H groups in total. The van der Waals surface area contributed by atoms with Gasteiger partial charge < -0.3 is 14.8 Å². The van der Waals surface area contributed by atoms with E-state index in [4.69, 9.17) is 32.7 Å². The van der Waals surface area contributed by atoms with Crippen LogP contribution in [0.25, 0.3) is 0 Å². The molecule has 0 unspecified atom stereocenters. The quantitative estimate of drug-likeness (QED) is 0.564. The summed E-state index contributed by atoms with van der Waals surface area (Å²) in [5.41, 5.74) is 1.10. The van der Waals surface area contributed by atoms with Crippen LogP contribution in [0.15, 0.2) is 36.4 Å². The van der Waals surface area contributed by atoms with Crippen LogP contribution in [0.1, 0.15) is 34.6 Å². The highest BCUT2D eigenvalue weighted by molar-refractivity contribution is 6.37. The second-order valence-electron chi connectivity index (χ2n) is 5.64. The molecule has 2 rings (SSSR count). The molecule has 0 aliphatic rings. The second-order valence-corrected chi connectivity index (χ2v) is 6.46. The minimum absolute atomic E-state index is 0.0769. The van der Waals surface area contributed by atoms with Gasteiger partial charge >= 0.3 is 5.97 Å². The van der Waals surface area contributed by atoms with Crippen molar-refractivity contribution in [1.29, 1.82) is 0 Å². The fourth-order valence-electron chi connectivity index (χ4n) is 2.19. The number of hydrogen-bond acceptors (Lipinski definition) is 5. The van der Waals surface area contributed by atoms with E-state index in [0.29, 0.717) is 11.3 Å². The van der Waals surface area contributed by atoms with Gasteiger partial charge in [0.1, 0.15) is 0 Å². The first-order valence-electron chi connectivity index (χ1n) is 7.88. The average molecular weight is 410 g/mol. The maximum absolute atomic E-state index is 12.2. The summed E-state index contributed by atoms with van der Waals surface area (Å²) >= 11 is 12.0. The molecule has 1 amide bonds. The smallest absolute Gasteiger partial charge is 0.339 e. The Hall–Kier alpha value is -2.57. The molecule has 0 bridgehead atoms. The highest BCUT2D eigenvalue weighted by Gasteiger charge is 2.21. The third-order valence-electron chi connectivity index (χ3n) is 3.65. The van der Waals surface area contributed by atoms with Crippen molar-refractivity contribution in [2.75, 3.05) is 12.4 Å². The molecule has 0 saturated carbocycles. The third kappa shape index (κ3) is 5.21. The van der Waals surface area contributed by atoms with Crippen LogP contribution in [0.4, 0.5) is 5.69 Å². The van der Waals surface area contributed by atoms with E-state index in [1.165, 1.54) is 33.1 Å². The molecule has 1 atom stereocenters. The van der Waals surface area contributed by atoms with E-state index < -0.39 is 18.0 Å². The number of benzene rings is 2. The minimum Gasteiger partial charge on any atom is -0.494 e. The van der Waals surface area contributed by atoms with Gasteiger partial charge in [0.15, 0.2) is 17.6 Å². The van der Waals surface area contributed by atoms with Crippen LogP contribution in [0.3, 0.4) is 0 Å². The number of carbonyl (C=O) groups excluding carboxylic acids is 3. The standard InChI is InChI=1S/C19H17Cl2NO5/c1-10(23)12-4-6-14(7-5-12)22-18(24)11(2)27-19(25)13-8-15(20)17(26-3)16(21)9-13/h4-9,11H,1-3H3,(H,22,24)/t11-/m1/s1. The zero-order valence-corrected chi connectivity index (χ0v) is 16.4. The number of amides is 1. The van der Waals surface area contributed by atoms with Crippen LogP contribution in [0, 0.1) is 0 Å². The van der Waals surface area contributed by atoms with Crippen molar-refractivity contribution in [2.45, 2.75) is 20.0 Å². The molecule has 142 valence electrons. The van der Waals surface area contributed by atoms with Crippen LogP contribution >= 0.6 is 23.2 Å². The lowest BCUT2D eigenvalue weighted by Crippen LogP contribution is -2.30. The Morgan fingerprint density at radius 1 is 1.00 bits per heavy atom. The summed E-state index contributed by atoms with van der Waals surface area (Å²) in [6.07, 6.45) is -1.07. The van der Waals surface area contributed by atoms with Gasteiger partial charge in [-0.1, -0.05) is 23.2 Å². The number of nitrogens with one attached hydrogen (secondary N) is 1. The van der Waals surface area contributed by atoms with Crippen molar-refractivity contribution in [3.8, 4) is 5.75 Å². The molecule has 8 heteroatoms. The molecule has 2 aromatic rings. The molecule has 0 heterocycles. The van der Waals surface area contributed by atoms with E-state index in [-0.39, 0.29) is 27.1 Å². The van der Waals surface area contributed by atoms with Crippen LogP contribution in [0.2, 0.25) is 10.0 Å². The van der Waals surface area contributed by atoms with E-state index in [1.807, 2.05) is 0 Å². The minimum atomic E-state index is -1.07. The van der Waals surface area contributed by atoms with Gasteiger partial charge in [0, 0.05) is 11.3 Å². The lowest BCUT2D eigenvalue weighted by Gasteiger charge is -2.14. The zero-order valence-electron chi connectivity index (χ0n) is 14.8. The maximum atomic E-state index is 12.2. The Bertz CT molecular complexity index is 857. The Morgan fingerprint density at radius 3 is 2.04 bits per heavy atom. The second kappa shape index (κ2) is 8.88. The Labute approximate surface area is 166 Å². The zero-order chi connectivity index (χ0) is 20.1. The fraction of sp³-hybridized carbons (Fsp3) is 0.211. The van der Waals surface area contributed by atoms with Crippen LogP contribution in [0.5, 0.6) is 5.75 Å². The maximum Gasteiger partial charge on any atom is 0.339 e. The average Bonchev–Trinajstić information content (AvgIpc) is 2.61. The van der Waals surface area contributed by atoms with Crippen molar-refractivity contribution in [3.05, 3.63) is 57.6 Å². The first kappa shape index (κ1) is 20.7. The summed E-state index contributed by atoms with van der Waals surface area (Å²) in [6, 6.07) is 9.06. The van der Waals surface area contributed by atoms with E-state index in [1.54, 1.807) is 24.3 Å². The molecular weight excluding hydrogens is 393 g/mol. The van der Waals surface area contributed by atoms with Crippen LogP contribution in [-0.4, -0.2) is 30.9 Å². The summed E-state index contributed by atoms with van der Waals surface area (Å²) in [5.74, 6) is -1.11. The molecule has 0 aliphatic heterocycles. The number of Topliss-reactive ketones (excluding diaryl/α,β-unsaturated/α-hetero) is 1. The predicted octanol–water partition coefficient (Wildman–Crippen LogP) is 4.39. The Kier molecular flexibility index (Phi) is 6.82. The largest absolute Gasteiger partial charge is 0.494 e. The molecule has 0 aromatic heterocycles. The molecular formula is C19H17Cl2NO5. The first-order chi connectivity index (χ1) is 12.7. The van der Waals surface area contributed by atoms with Gasteiger partial charge in [-0.2, -0.15) is 0 Å². The summed E-state index contributed by atoms with van der Waals surface area (Å²) in [5, 5.41) is 2.91. The predicted molar refractivity (Wildman–Crippen MR) is 103 cm³/mol. The molecule has 0 saturated heterocycles. The molecule has 27 heavy (non-hydrogen) atoms. The molecule has 6 nitrogen and oxygen atoms in total. The summed E-state index contributed by atoms with van der Waals surface area (Å²) in [4.78, 5) is 35.7. The lowest BCUT2D eigenvalue weighted by atomic mass is 10.1.